The Morgan fingerprint density at radius 2 is 1.35 bits per heavy atom. The molecule has 4 rings (SSSR count). The summed E-state index contributed by atoms with van der Waals surface area (Å²) in [7, 11) is 0. The molecular formula is C31H37N3O9. The van der Waals surface area contributed by atoms with Gasteiger partial charge < -0.3 is 23.7 Å². The molecule has 0 saturated carbocycles. The highest BCUT2D eigenvalue weighted by atomic mass is 16.7. The molecule has 0 aliphatic carbocycles. The van der Waals surface area contributed by atoms with Gasteiger partial charge in [-0.1, -0.05) is 62.3 Å². The van der Waals surface area contributed by atoms with Crippen LogP contribution in [-0.4, -0.2) is 67.5 Å². The van der Waals surface area contributed by atoms with Crippen molar-refractivity contribution in [1.29, 1.82) is 0 Å². The van der Waals surface area contributed by atoms with Gasteiger partial charge in [-0.2, -0.15) is 9.59 Å². The van der Waals surface area contributed by atoms with E-state index in [0.717, 1.165) is 0 Å². The molecule has 0 amide bonds. The van der Waals surface area contributed by atoms with Gasteiger partial charge in [0.2, 0.25) is 0 Å². The SMILES string of the molecule is CC1O[C@@H](C)C(OC(=O)c2ccccc2)[C@@H](C)[C@@H]1O[C@H]1OC(COC(=O)c2ccccc2)[C@@H](C)[C@H](C)C1N=[N+]=[N-].O=C=O. The molecule has 230 valence electrons. The average Bonchev–Trinajstić information content (AvgIpc) is 3.01. The largest absolute Gasteiger partial charge is 0.459 e. The number of benzene rings is 2. The van der Waals surface area contributed by atoms with Crippen molar-refractivity contribution in [2.24, 2.45) is 22.9 Å². The van der Waals surface area contributed by atoms with Crippen molar-refractivity contribution in [3.05, 3.63) is 82.2 Å². The molecule has 2 fully saturated rings. The molecule has 2 heterocycles. The van der Waals surface area contributed by atoms with Crippen LogP contribution in [0.4, 0.5) is 0 Å². The summed E-state index contributed by atoms with van der Waals surface area (Å²) in [5.41, 5.74) is 10.2. The predicted octanol–water partition coefficient (Wildman–Crippen LogP) is 4.99. The third-order valence-electron chi connectivity index (χ3n) is 8.05. The second-order valence-electron chi connectivity index (χ2n) is 10.7. The van der Waals surface area contributed by atoms with Gasteiger partial charge in [0.25, 0.3) is 0 Å². The highest BCUT2D eigenvalue weighted by Gasteiger charge is 2.48. The molecule has 10 atom stereocenters. The molecule has 2 aliphatic heterocycles. The molecule has 2 aromatic carbocycles. The quantitative estimate of drug-likeness (QED) is 0.177. The summed E-state index contributed by atoms with van der Waals surface area (Å²) >= 11 is 0. The van der Waals surface area contributed by atoms with Crippen LogP contribution in [0.1, 0.15) is 55.3 Å². The van der Waals surface area contributed by atoms with Crippen molar-refractivity contribution in [2.45, 2.75) is 77.5 Å². The highest BCUT2D eigenvalue weighted by Crippen LogP contribution is 2.38. The number of carbonyl (C=O) groups is 2. The fourth-order valence-electron chi connectivity index (χ4n) is 5.51. The maximum atomic E-state index is 12.8. The van der Waals surface area contributed by atoms with Gasteiger partial charge in [-0.15, -0.1) is 0 Å². The average molecular weight is 596 g/mol. The van der Waals surface area contributed by atoms with Crippen molar-refractivity contribution >= 4 is 18.1 Å². The van der Waals surface area contributed by atoms with Gasteiger partial charge in [-0.3, -0.25) is 0 Å². The number of esters is 2. The van der Waals surface area contributed by atoms with Crippen molar-refractivity contribution in [2.75, 3.05) is 6.61 Å². The van der Waals surface area contributed by atoms with Crippen molar-refractivity contribution in [1.82, 2.24) is 0 Å². The Morgan fingerprint density at radius 3 is 1.91 bits per heavy atom. The summed E-state index contributed by atoms with van der Waals surface area (Å²) in [6.45, 7) is 9.65. The maximum absolute atomic E-state index is 12.8. The summed E-state index contributed by atoms with van der Waals surface area (Å²) in [5.74, 6) is -1.36. The van der Waals surface area contributed by atoms with Crippen molar-refractivity contribution in [3.63, 3.8) is 0 Å². The van der Waals surface area contributed by atoms with Gasteiger partial charge in [0.15, 0.2) is 6.29 Å². The minimum absolute atomic E-state index is 0.0166. The summed E-state index contributed by atoms with van der Waals surface area (Å²) in [4.78, 5) is 44.7. The molecule has 0 aromatic heterocycles. The van der Waals surface area contributed by atoms with Crippen LogP contribution < -0.4 is 0 Å². The van der Waals surface area contributed by atoms with Gasteiger partial charge in [0, 0.05) is 10.8 Å². The lowest BCUT2D eigenvalue weighted by Gasteiger charge is -2.48. The molecule has 2 saturated heterocycles. The number of nitrogens with zero attached hydrogens (tertiary/aromatic N) is 3. The highest BCUT2D eigenvalue weighted by molar-refractivity contribution is 5.89. The first-order valence-electron chi connectivity index (χ1n) is 14.1. The van der Waals surface area contributed by atoms with Gasteiger partial charge >= 0.3 is 18.1 Å². The summed E-state index contributed by atoms with van der Waals surface area (Å²) in [5, 5.41) is 4.01. The third-order valence-corrected chi connectivity index (χ3v) is 8.05. The van der Waals surface area contributed by atoms with Crippen molar-refractivity contribution in [3.8, 4) is 0 Å². The molecule has 0 radical (unpaired) electrons. The van der Waals surface area contributed by atoms with Crippen LogP contribution in [0, 0.1) is 17.8 Å². The topological polar surface area (TPSA) is 163 Å². The zero-order valence-corrected chi connectivity index (χ0v) is 24.8. The number of rotatable bonds is 8. The van der Waals surface area contributed by atoms with Crippen LogP contribution in [0.3, 0.4) is 0 Å². The van der Waals surface area contributed by atoms with E-state index in [-0.39, 0.29) is 42.7 Å². The second-order valence-corrected chi connectivity index (χ2v) is 10.7. The first-order chi connectivity index (χ1) is 20.6. The number of hydrogen-bond acceptors (Lipinski definition) is 10. The number of carbonyl (C=O) groups excluding carboxylic acids is 4. The zero-order valence-electron chi connectivity index (χ0n) is 24.8. The fourth-order valence-corrected chi connectivity index (χ4v) is 5.51. The molecule has 12 nitrogen and oxygen atoms in total. The fraction of sp³-hybridized carbons (Fsp3) is 0.516. The molecule has 2 aliphatic rings. The Morgan fingerprint density at radius 1 is 0.814 bits per heavy atom. The number of ether oxygens (including phenoxy) is 5. The van der Waals surface area contributed by atoms with Crippen LogP contribution in [0.25, 0.3) is 10.4 Å². The molecule has 0 spiro atoms. The second kappa shape index (κ2) is 16.0. The van der Waals surface area contributed by atoms with Crippen LogP contribution in [0.15, 0.2) is 65.8 Å². The van der Waals surface area contributed by atoms with Crippen LogP contribution in [0.5, 0.6) is 0 Å². The van der Waals surface area contributed by atoms with Gasteiger partial charge in [0.05, 0.1) is 41.6 Å². The molecule has 2 aromatic rings. The van der Waals surface area contributed by atoms with Gasteiger partial charge in [-0.25, -0.2) is 9.59 Å². The van der Waals surface area contributed by atoms with Crippen LogP contribution in [0.2, 0.25) is 0 Å². The normalized spacial score (nSPS) is 31.7. The molecular weight excluding hydrogens is 558 g/mol. The minimum atomic E-state index is -0.917. The van der Waals surface area contributed by atoms with E-state index in [0.29, 0.717) is 11.1 Å². The van der Waals surface area contributed by atoms with Crippen LogP contribution >= 0.6 is 0 Å². The van der Waals surface area contributed by atoms with E-state index in [1.54, 1.807) is 48.5 Å². The van der Waals surface area contributed by atoms with E-state index >= 15 is 0 Å². The summed E-state index contributed by atoms with van der Waals surface area (Å²) < 4.78 is 30.4. The Hall–Kier alpha value is -4.05. The molecule has 4 unspecified atom stereocenters. The van der Waals surface area contributed by atoms with Crippen molar-refractivity contribution < 1.29 is 42.9 Å². The Bertz CT molecular complexity index is 1280. The molecule has 0 N–H and O–H groups in total. The molecule has 12 heteroatoms. The smallest absolute Gasteiger partial charge is 0.373 e. The van der Waals surface area contributed by atoms with E-state index in [1.165, 1.54) is 0 Å². The van der Waals surface area contributed by atoms with E-state index in [1.807, 2.05) is 46.8 Å². The van der Waals surface area contributed by atoms with E-state index in [9.17, 15) is 15.1 Å². The van der Waals surface area contributed by atoms with Gasteiger partial charge in [0.1, 0.15) is 12.7 Å². The van der Waals surface area contributed by atoms with E-state index in [2.05, 4.69) is 10.0 Å². The monoisotopic (exact) mass is 595 g/mol. The lowest BCUT2D eigenvalue weighted by Crippen LogP contribution is -2.58. The standard InChI is InChI=1S/C30H37N3O7.CO2/c1-17-18(2)25(32-33-31)30(38-24(17)16-36-28(34)22-12-8-6-9-13-22)40-27-19(3)26(20(4)37-21(27)5)39-29(35)23-14-10-7-11-15-23;2-1-3/h6-15,17-21,24-27,30H,16H2,1-5H3;/t17-,18-,19+,20-,21?,24?,25?,26?,27-,30+;/m0./s1. The lowest BCUT2D eigenvalue weighted by atomic mass is 9.82. The van der Waals surface area contributed by atoms with E-state index in [4.69, 9.17) is 33.3 Å². The summed E-state index contributed by atoms with van der Waals surface area (Å²) in [6, 6.07) is 16.9. The minimum Gasteiger partial charge on any atom is -0.459 e. The van der Waals surface area contributed by atoms with Crippen LogP contribution in [-0.2, 0) is 33.3 Å². The summed E-state index contributed by atoms with van der Waals surface area (Å²) in [6.07, 6.45) is -2.97. The first kappa shape index (κ1) is 33.5. The third kappa shape index (κ3) is 8.50. The Balaban J connectivity index is 0.00000162. The maximum Gasteiger partial charge on any atom is 0.373 e. The first-order valence-corrected chi connectivity index (χ1v) is 14.1. The molecule has 43 heavy (non-hydrogen) atoms. The number of hydrogen-bond donors (Lipinski definition) is 0. The lowest BCUT2D eigenvalue weighted by molar-refractivity contribution is -0.293. The van der Waals surface area contributed by atoms with E-state index < -0.39 is 42.6 Å². The number of azide groups is 1. The Kier molecular flexibility index (Phi) is 12.4. The Labute approximate surface area is 250 Å². The zero-order chi connectivity index (χ0) is 31.5. The van der Waals surface area contributed by atoms with Gasteiger partial charge in [-0.05, 0) is 55.5 Å². The predicted molar refractivity (Wildman–Crippen MR) is 151 cm³/mol. The molecule has 0 bridgehead atoms.